The van der Waals surface area contributed by atoms with E-state index in [1.807, 2.05) is 0 Å². The summed E-state index contributed by atoms with van der Waals surface area (Å²) in [5, 5.41) is 2.67. The van der Waals surface area contributed by atoms with Gasteiger partial charge in [-0.25, -0.2) is 9.97 Å². The van der Waals surface area contributed by atoms with Crippen molar-refractivity contribution in [2.45, 2.75) is 19.4 Å². The van der Waals surface area contributed by atoms with E-state index in [1.54, 1.807) is 6.92 Å². The van der Waals surface area contributed by atoms with Crippen molar-refractivity contribution in [1.29, 1.82) is 0 Å². The van der Waals surface area contributed by atoms with Gasteiger partial charge in [0, 0.05) is 18.5 Å². The van der Waals surface area contributed by atoms with E-state index in [4.69, 9.17) is 0 Å². The van der Waals surface area contributed by atoms with Crippen LogP contribution in [-0.2, 0) is 0 Å². The van der Waals surface area contributed by atoms with Crippen molar-refractivity contribution < 1.29 is 18.0 Å². The standard InChI is InChI=1S/C10H12F3N3OS/c1-6-8(7(2)17)5-15-9(16-6)14-3-4-18-10(11,12)13/h5H,3-4H2,1-2H3,(H,14,15,16). The molecule has 0 aliphatic carbocycles. The van der Waals surface area contributed by atoms with Crippen LogP contribution in [0.25, 0.3) is 0 Å². The number of aromatic nitrogens is 2. The molecule has 18 heavy (non-hydrogen) atoms. The minimum atomic E-state index is -4.23. The summed E-state index contributed by atoms with van der Waals surface area (Å²) in [5.41, 5.74) is -3.31. The summed E-state index contributed by atoms with van der Waals surface area (Å²) in [4.78, 5) is 19.0. The number of anilines is 1. The van der Waals surface area contributed by atoms with Crippen molar-refractivity contribution in [1.82, 2.24) is 9.97 Å². The summed E-state index contributed by atoms with van der Waals surface area (Å²) in [5.74, 6) is -0.0488. The molecule has 0 aliphatic rings. The van der Waals surface area contributed by atoms with Gasteiger partial charge in [-0.05, 0) is 25.6 Å². The van der Waals surface area contributed by atoms with Crippen LogP contribution in [0, 0.1) is 6.92 Å². The number of hydrogen-bond acceptors (Lipinski definition) is 5. The second kappa shape index (κ2) is 6.03. The number of ketones is 1. The lowest BCUT2D eigenvalue weighted by atomic mass is 10.2. The lowest BCUT2D eigenvalue weighted by molar-refractivity contribution is -0.0327. The summed E-state index contributed by atoms with van der Waals surface area (Å²) < 4.78 is 35.6. The number of hydrogen-bond donors (Lipinski definition) is 1. The molecule has 1 heterocycles. The maximum atomic E-state index is 11.9. The monoisotopic (exact) mass is 279 g/mol. The van der Waals surface area contributed by atoms with Crippen LogP contribution in [0.2, 0.25) is 0 Å². The van der Waals surface area contributed by atoms with Crippen LogP contribution in [0.5, 0.6) is 0 Å². The van der Waals surface area contributed by atoms with Gasteiger partial charge in [0.15, 0.2) is 5.78 Å². The molecule has 0 bridgehead atoms. The summed E-state index contributed by atoms with van der Waals surface area (Å²) >= 11 is -0.107. The molecule has 0 atom stereocenters. The van der Waals surface area contributed by atoms with Crippen molar-refractivity contribution in [2.75, 3.05) is 17.6 Å². The van der Waals surface area contributed by atoms with Gasteiger partial charge in [-0.3, -0.25) is 4.79 Å². The van der Waals surface area contributed by atoms with Gasteiger partial charge in [0.25, 0.3) is 0 Å². The lowest BCUT2D eigenvalue weighted by Gasteiger charge is -2.08. The molecule has 0 saturated heterocycles. The molecule has 1 rings (SSSR count). The largest absolute Gasteiger partial charge is 0.441 e. The van der Waals surface area contributed by atoms with E-state index in [2.05, 4.69) is 15.3 Å². The van der Waals surface area contributed by atoms with Gasteiger partial charge in [-0.2, -0.15) is 13.2 Å². The molecule has 100 valence electrons. The molecule has 0 spiro atoms. The van der Waals surface area contributed by atoms with Crippen LogP contribution < -0.4 is 5.32 Å². The number of carbonyl (C=O) groups is 1. The molecule has 1 aromatic heterocycles. The summed E-state index contributed by atoms with van der Waals surface area (Å²) in [6.07, 6.45) is 1.36. The Hall–Kier alpha value is -1.31. The van der Waals surface area contributed by atoms with Crippen LogP contribution in [0.15, 0.2) is 6.20 Å². The van der Waals surface area contributed by atoms with Gasteiger partial charge in [-0.1, -0.05) is 0 Å². The zero-order valence-electron chi connectivity index (χ0n) is 9.84. The van der Waals surface area contributed by atoms with E-state index < -0.39 is 5.51 Å². The van der Waals surface area contributed by atoms with Gasteiger partial charge in [0.2, 0.25) is 5.95 Å². The molecule has 0 aliphatic heterocycles. The normalized spacial score (nSPS) is 11.4. The number of nitrogens with zero attached hydrogens (tertiary/aromatic N) is 2. The SMILES string of the molecule is CC(=O)c1cnc(NCCSC(F)(F)F)nc1C. The van der Waals surface area contributed by atoms with Crippen molar-refractivity contribution in [3.05, 3.63) is 17.5 Å². The molecule has 4 nitrogen and oxygen atoms in total. The minimum Gasteiger partial charge on any atom is -0.353 e. The number of rotatable bonds is 5. The quantitative estimate of drug-likeness (QED) is 0.663. The fourth-order valence-corrected chi connectivity index (χ4v) is 1.66. The fraction of sp³-hybridized carbons (Fsp3) is 0.500. The Morgan fingerprint density at radius 1 is 1.50 bits per heavy atom. The van der Waals surface area contributed by atoms with Gasteiger partial charge in [0.1, 0.15) is 0 Å². The van der Waals surface area contributed by atoms with E-state index in [1.165, 1.54) is 13.1 Å². The fourth-order valence-electron chi connectivity index (χ4n) is 1.23. The molecular formula is C10H12F3N3OS. The number of alkyl halides is 3. The number of Topliss-reactive ketones (excluding diaryl/α,β-unsaturated/α-hetero) is 1. The van der Waals surface area contributed by atoms with Crippen LogP contribution >= 0.6 is 11.8 Å². The number of halogens is 3. The second-order valence-corrected chi connectivity index (χ2v) is 4.63. The predicted molar refractivity (Wildman–Crippen MR) is 63.8 cm³/mol. The van der Waals surface area contributed by atoms with Gasteiger partial charge in [0.05, 0.1) is 11.3 Å². The lowest BCUT2D eigenvalue weighted by Crippen LogP contribution is -2.12. The highest BCUT2D eigenvalue weighted by Gasteiger charge is 2.27. The third-order valence-corrected chi connectivity index (χ3v) is 2.75. The molecule has 1 N–H and O–H groups in total. The smallest absolute Gasteiger partial charge is 0.353 e. The summed E-state index contributed by atoms with van der Waals surface area (Å²) in [6.45, 7) is 3.15. The number of carbonyl (C=O) groups excluding carboxylic acids is 1. The minimum absolute atomic E-state index is 0.100. The van der Waals surface area contributed by atoms with E-state index >= 15 is 0 Å². The molecule has 0 saturated carbocycles. The first-order valence-electron chi connectivity index (χ1n) is 5.09. The van der Waals surface area contributed by atoms with Crippen LogP contribution in [0.3, 0.4) is 0 Å². The van der Waals surface area contributed by atoms with E-state index in [0.29, 0.717) is 11.3 Å². The maximum Gasteiger partial charge on any atom is 0.441 e. The van der Waals surface area contributed by atoms with Gasteiger partial charge in [-0.15, -0.1) is 0 Å². The number of thioether (sulfide) groups is 1. The first kappa shape index (κ1) is 14.7. The highest BCUT2D eigenvalue weighted by molar-refractivity contribution is 8.00. The third kappa shape index (κ3) is 4.91. The predicted octanol–water partition coefficient (Wildman–Crippen LogP) is 2.65. The molecular weight excluding hydrogens is 267 g/mol. The van der Waals surface area contributed by atoms with Gasteiger partial charge >= 0.3 is 5.51 Å². The Kier molecular flexibility index (Phi) is 4.94. The maximum absolute atomic E-state index is 11.9. The summed E-state index contributed by atoms with van der Waals surface area (Å²) in [7, 11) is 0. The molecule has 0 unspecified atom stereocenters. The number of aryl methyl sites for hydroxylation is 1. The van der Waals surface area contributed by atoms with Crippen molar-refractivity contribution >= 4 is 23.5 Å². The Morgan fingerprint density at radius 2 is 2.17 bits per heavy atom. The van der Waals surface area contributed by atoms with Crippen molar-refractivity contribution in [3.63, 3.8) is 0 Å². The molecule has 0 amide bonds. The molecule has 1 aromatic rings. The van der Waals surface area contributed by atoms with Crippen molar-refractivity contribution in [3.8, 4) is 0 Å². The van der Waals surface area contributed by atoms with E-state index in [-0.39, 0.29) is 35.8 Å². The van der Waals surface area contributed by atoms with Crippen LogP contribution in [0.1, 0.15) is 23.0 Å². The molecule has 0 radical (unpaired) electrons. The topological polar surface area (TPSA) is 54.9 Å². The Labute approximate surface area is 106 Å². The number of nitrogens with one attached hydrogen (secondary N) is 1. The highest BCUT2D eigenvalue weighted by atomic mass is 32.2. The van der Waals surface area contributed by atoms with Crippen molar-refractivity contribution in [2.24, 2.45) is 0 Å². The van der Waals surface area contributed by atoms with E-state index in [9.17, 15) is 18.0 Å². The molecule has 0 fully saturated rings. The second-order valence-electron chi connectivity index (χ2n) is 3.47. The highest BCUT2D eigenvalue weighted by Crippen LogP contribution is 2.29. The van der Waals surface area contributed by atoms with Crippen LogP contribution in [-0.4, -0.2) is 33.6 Å². The first-order valence-corrected chi connectivity index (χ1v) is 6.07. The average Bonchev–Trinajstić information content (AvgIpc) is 2.22. The zero-order valence-corrected chi connectivity index (χ0v) is 10.7. The summed E-state index contributed by atoms with van der Waals surface area (Å²) in [6, 6.07) is 0. The Balaban J connectivity index is 2.49. The average molecular weight is 279 g/mol. The Morgan fingerprint density at radius 3 is 2.67 bits per heavy atom. The Bertz CT molecular complexity index is 437. The van der Waals surface area contributed by atoms with Crippen LogP contribution in [0.4, 0.5) is 19.1 Å². The molecule has 0 aromatic carbocycles. The van der Waals surface area contributed by atoms with E-state index in [0.717, 1.165) is 0 Å². The van der Waals surface area contributed by atoms with Gasteiger partial charge < -0.3 is 5.32 Å². The third-order valence-electron chi connectivity index (χ3n) is 2.01. The molecule has 8 heteroatoms. The first-order chi connectivity index (χ1) is 8.29. The zero-order chi connectivity index (χ0) is 13.8.